The van der Waals surface area contributed by atoms with Crippen LogP contribution in [0.15, 0.2) is 24.3 Å². The Labute approximate surface area is 104 Å². The topological polar surface area (TPSA) is 29.3 Å². The monoisotopic (exact) mass is 238 g/mol. The maximum Gasteiger partial charge on any atom is 0.128 e. The first-order valence-electron chi connectivity index (χ1n) is 6.23. The van der Waals surface area contributed by atoms with Crippen molar-refractivity contribution < 1.29 is 4.39 Å². The molecule has 0 saturated carbocycles. The Balaban J connectivity index is 3.06. The summed E-state index contributed by atoms with van der Waals surface area (Å²) in [6.45, 7) is 9.97. The third-order valence-corrected chi connectivity index (χ3v) is 3.68. The van der Waals surface area contributed by atoms with Gasteiger partial charge in [0.2, 0.25) is 0 Å². The van der Waals surface area contributed by atoms with E-state index in [-0.39, 0.29) is 11.9 Å². The first kappa shape index (κ1) is 14.1. The summed E-state index contributed by atoms with van der Waals surface area (Å²) in [4.78, 5) is 2.24. The highest BCUT2D eigenvalue weighted by Gasteiger charge is 2.33. The van der Waals surface area contributed by atoms with E-state index >= 15 is 0 Å². The van der Waals surface area contributed by atoms with Gasteiger partial charge in [-0.15, -0.1) is 0 Å². The van der Waals surface area contributed by atoms with Crippen molar-refractivity contribution in [2.45, 2.75) is 39.3 Å². The zero-order chi connectivity index (χ0) is 13.1. The number of nitrogens with two attached hydrogens (primary N) is 1. The van der Waals surface area contributed by atoms with Crippen molar-refractivity contribution in [3.05, 3.63) is 35.6 Å². The fraction of sp³-hybridized carbons (Fsp3) is 0.571. The molecule has 96 valence electrons. The van der Waals surface area contributed by atoms with Crippen LogP contribution < -0.4 is 5.73 Å². The zero-order valence-corrected chi connectivity index (χ0v) is 11.2. The van der Waals surface area contributed by atoms with E-state index in [1.165, 1.54) is 6.07 Å². The molecule has 2 nitrogen and oxygen atoms in total. The van der Waals surface area contributed by atoms with E-state index in [0.29, 0.717) is 5.56 Å². The van der Waals surface area contributed by atoms with E-state index in [4.69, 9.17) is 5.73 Å². The first-order chi connectivity index (χ1) is 7.95. The van der Waals surface area contributed by atoms with E-state index in [2.05, 4.69) is 25.7 Å². The van der Waals surface area contributed by atoms with Crippen molar-refractivity contribution in [2.24, 2.45) is 5.73 Å². The van der Waals surface area contributed by atoms with Gasteiger partial charge in [0.05, 0.1) is 5.54 Å². The number of rotatable bonds is 5. The molecule has 0 aromatic heterocycles. The molecule has 0 amide bonds. The molecule has 0 aliphatic rings. The molecule has 0 bridgehead atoms. The lowest BCUT2D eigenvalue weighted by Crippen LogP contribution is -2.53. The summed E-state index contributed by atoms with van der Waals surface area (Å²) in [5, 5.41) is 0. The Hall–Kier alpha value is -0.930. The van der Waals surface area contributed by atoms with Gasteiger partial charge in [-0.1, -0.05) is 32.0 Å². The standard InChI is InChI=1S/C14H23FN2/c1-5-17(6-2)11(3)14(4,16)12-9-7-8-10-13(12)15/h7-11H,5-6,16H2,1-4H3. The van der Waals surface area contributed by atoms with Gasteiger partial charge in [0.15, 0.2) is 0 Å². The van der Waals surface area contributed by atoms with Crippen LogP contribution in [0, 0.1) is 5.82 Å². The Morgan fingerprint density at radius 1 is 1.29 bits per heavy atom. The van der Waals surface area contributed by atoms with Gasteiger partial charge in [0.1, 0.15) is 5.82 Å². The highest BCUT2D eigenvalue weighted by Crippen LogP contribution is 2.27. The molecule has 0 aliphatic carbocycles. The van der Waals surface area contributed by atoms with Crippen molar-refractivity contribution in [2.75, 3.05) is 13.1 Å². The average Bonchev–Trinajstić information content (AvgIpc) is 2.30. The Kier molecular flexibility index (Phi) is 4.66. The molecule has 1 aromatic rings. The quantitative estimate of drug-likeness (QED) is 0.854. The van der Waals surface area contributed by atoms with Crippen LogP contribution in [0.3, 0.4) is 0 Å². The molecule has 17 heavy (non-hydrogen) atoms. The van der Waals surface area contributed by atoms with E-state index in [9.17, 15) is 4.39 Å². The number of nitrogens with zero attached hydrogens (tertiary/aromatic N) is 1. The molecule has 0 heterocycles. The molecule has 0 fully saturated rings. The molecule has 2 atom stereocenters. The predicted molar refractivity (Wildman–Crippen MR) is 70.3 cm³/mol. The van der Waals surface area contributed by atoms with Crippen LogP contribution in [-0.4, -0.2) is 24.0 Å². The van der Waals surface area contributed by atoms with Crippen LogP contribution in [0.25, 0.3) is 0 Å². The highest BCUT2D eigenvalue weighted by atomic mass is 19.1. The van der Waals surface area contributed by atoms with E-state index < -0.39 is 5.54 Å². The summed E-state index contributed by atoms with van der Waals surface area (Å²) < 4.78 is 13.8. The fourth-order valence-electron chi connectivity index (χ4n) is 2.27. The largest absolute Gasteiger partial charge is 0.320 e. The van der Waals surface area contributed by atoms with Gasteiger partial charge in [-0.25, -0.2) is 4.39 Å². The van der Waals surface area contributed by atoms with Crippen molar-refractivity contribution >= 4 is 0 Å². The molecule has 3 heteroatoms. The Morgan fingerprint density at radius 3 is 2.29 bits per heavy atom. The number of benzene rings is 1. The van der Waals surface area contributed by atoms with Crippen LogP contribution in [-0.2, 0) is 5.54 Å². The van der Waals surface area contributed by atoms with Crippen LogP contribution in [0.2, 0.25) is 0 Å². The molecule has 0 saturated heterocycles. The van der Waals surface area contributed by atoms with Crippen molar-refractivity contribution in [3.63, 3.8) is 0 Å². The zero-order valence-electron chi connectivity index (χ0n) is 11.2. The first-order valence-corrected chi connectivity index (χ1v) is 6.23. The van der Waals surface area contributed by atoms with E-state index in [0.717, 1.165) is 13.1 Å². The van der Waals surface area contributed by atoms with Crippen LogP contribution in [0.4, 0.5) is 4.39 Å². The molecule has 0 spiro atoms. The summed E-state index contributed by atoms with van der Waals surface area (Å²) in [5.74, 6) is -0.225. The molecule has 1 rings (SSSR count). The van der Waals surface area contributed by atoms with Gasteiger partial charge in [0, 0.05) is 11.6 Å². The van der Waals surface area contributed by atoms with E-state index in [1.807, 2.05) is 13.0 Å². The van der Waals surface area contributed by atoms with Gasteiger partial charge >= 0.3 is 0 Å². The molecule has 2 unspecified atom stereocenters. The lowest BCUT2D eigenvalue weighted by molar-refractivity contribution is 0.151. The van der Waals surface area contributed by atoms with Crippen LogP contribution in [0.1, 0.15) is 33.3 Å². The molecular weight excluding hydrogens is 215 g/mol. The number of likely N-dealkylation sites (N-methyl/N-ethyl adjacent to an activating group) is 1. The Morgan fingerprint density at radius 2 is 1.82 bits per heavy atom. The maximum absolute atomic E-state index is 13.8. The van der Waals surface area contributed by atoms with Crippen molar-refractivity contribution in [1.82, 2.24) is 4.90 Å². The van der Waals surface area contributed by atoms with Gasteiger partial charge < -0.3 is 5.73 Å². The smallest absolute Gasteiger partial charge is 0.128 e. The molecule has 0 aliphatic heterocycles. The predicted octanol–water partition coefficient (Wildman–Crippen LogP) is 2.73. The third-order valence-electron chi connectivity index (χ3n) is 3.68. The summed E-state index contributed by atoms with van der Waals surface area (Å²) in [6, 6.07) is 6.86. The average molecular weight is 238 g/mol. The summed E-state index contributed by atoms with van der Waals surface area (Å²) >= 11 is 0. The van der Waals surface area contributed by atoms with Crippen molar-refractivity contribution in [3.8, 4) is 0 Å². The number of hydrogen-bond acceptors (Lipinski definition) is 2. The second-order valence-electron chi connectivity index (χ2n) is 4.66. The Bertz CT molecular complexity index is 359. The lowest BCUT2D eigenvalue weighted by atomic mass is 9.85. The lowest BCUT2D eigenvalue weighted by Gasteiger charge is -2.39. The maximum atomic E-state index is 13.8. The third kappa shape index (κ3) is 2.85. The SMILES string of the molecule is CCN(CC)C(C)C(C)(N)c1ccccc1F. The second kappa shape index (κ2) is 5.61. The van der Waals surface area contributed by atoms with Gasteiger partial charge in [0.25, 0.3) is 0 Å². The minimum Gasteiger partial charge on any atom is -0.320 e. The fourth-order valence-corrected chi connectivity index (χ4v) is 2.27. The van der Waals surface area contributed by atoms with Gasteiger partial charge in [-0.2, -0.15) is 0 Å². The van der Waals surface area contributed by atoms with Crippen LogP contribution >= 0.6 is 0 Å². The normalized spacial score (nSPS) is 16.9. The number of halogens is 1. The summed E-state index contributed by atoms with van der Waals surface area (Å²) in [5.41, 5.74) is 6.25. The minimum atomic E-state index is -0.683. The molecule has 0 radical (unpaired) electrons. The summed E-state index contributed by atoms with van der Waals surface area (Å²) in [6.07, 6.45) is 0. The summed E-state index contributed by atoms with van der Waals surface area (Å²) in [7, 11) is 0. The number of hydrogen-bond donors (Lipinski definition) is 1. The molecular formula is C14H23FN2. The van der Waals surface area contributed by atoms with Gasteiger partial charge in [-0.3, -0.25) is 4.90 Å². The molecule has 2 N–H and O–H groups in total. The van der Waals surface area contributed by atoms with E-state index in [1.54, 1.807) is 12.1 Å². The van der Waals surface area contributed by atoms with Crippen LogP contribution in [0.5, 0.6) is 0 Å². The van der Waals surface area contributed by atoms with Crippen molar-refractivity contribution in [1.29, 1.82) is 0 Å². The molecule has 1 aromatic carbocycles. The van der Waals surface area contributed by atoms with Gasteiger partial charge in [-0.05, 0) is 33.0 Å². The second-order valence-corrected chi connectivity index (χ2v) is 4.66. The highest BCUT2D eigenvalue weighted by molar-refractivity contribution is 5.26. The minimum absolute atomic E-state index is 0.0920.